The van der Waals surface area contributed by atoms with Gasteiger partial charge in [-0.05, 0) is 56.3 Å². The van der Waals surface area contributed by atoms with E-state index in [9.17, 15) is 13.2 Å². The van der Waals surface area contributed by atoms with E-state index >= 15 is 0 Å². The third-order valence-corrected chi connectivity index (χ3v) is 7.98. The van der Waals surface area contributed by atoms with Crippen LogP contribution in [0.4, 0.5) is 0 Å². The van der Waals surface area contributed by atoms with E-state index in [1.807, 2.05) is 16.7 Å². The molecule has 0 saturated carbocycles. The van der Waals surface area contributed by atoms with Crippen LogP contribution in [0.2, 0.25) is 5.02 Å². The Morgan fingerprint density at radius 1 is 1.27 bits per heavy atom. The highest BCUT2D eigenvalue weighted by molar-refractivity contribution is 7.89. The average Bonchev–Trinajstić information content (AvgIpc) is 3.03. The molecule has 3 rings (SSSR count). The number of rotatable bonds is 6. The van der Waals surface area contributed by atoms with Crippen LogP contribution >= 0.6 is 22.9 Å². The van der Waals surface area contributed by atoms with E-state index < -0.39 is 15.9 Å². The van der Waals surface area contributed by atoms with Crippen molar-refractivity contribution in [3.8, 4) is 0 Å². The van der Waals surface area contributed by atoms with Gasteiger partial charge in [0.05, 0.1) is 15.1 Å². The molecule has 0 radical (unpaired) electrons. The lowest BCUT2D eigenvalue weighted by atomic mass is 10.2. The van der Waals surface area contributed by atoms with Gasteiger partial charge in [0.15, 0.2) is 4.80 Å². The molecular weight excluding hydrogens is 442 g/mol. The van der Waals surface area contributed by atoms with Gasteiger partial charge in [-0.15, -0.1) is 6.58 Å². The predicted octanol–water partition coefficient (Wildman–Crippen LogP) is 4.31. The van der Waals surface area contributed by atoms with Crippen LogP contribution in [-0.2, 0) is 16.6 Å². The Morgan fingerprint density at radius 3 is 2.53 bits per heavy atom. The van der Waals surface area contributed by atoms with Gasteiger partial charge in [-0.1, -0.05) is 29.0 Å². The molecular formula is C21H22ClN3O3S2. The summed E-state index contributed by atoms with van der Waals surface area (Å²) in [6, 6.07) is 11.1. The van der Waals surface area contributed by atoms with Crippen molar-refractivity contribution in [2.24, 2.45) is 4.99 Å². The lowest BCUT2D eigenvalue weighted by molar-refractivity contribution is 0.0997. The molecule has 9 heteroatoms. The normalized spacial score (nSPS) is 12.8. The van der Waals surface area contributed by atoms with E-state index in [4.69, 9.17) is 11.6 Å². The van der Waals surface area contributed by atoms with Gasteiger partial charge in [0.2, 0.25) is 10.0 Å². The molecule has 0 atom stereocenters. The van der Waals surface area contributed by atoms with Crippen molar-refractivity contribution in [2.75, 3.05) is 7.05 Å². The highest BCUT2D eigenvalue weighted by Crippen LogP contribution is 2.22. The lowest BCUT2D eigenvalue weighted by Crippen LogP contribution is -2.33. The third kappa shape index (κ3) is 4.41. The molecule has 0 unspecified atom stereocenters. The first-order valence-corrected chi connectivity index (χ1v) is 11.9. The molecule has 0 spiro atoms. The number of benzene rings is 2. The third-order valence-electron chi connectivity index (χ3n) is 4.66. The summed E-state index contributed by atoms with van der Waals surface area (Å²) in [5, 5.41) is 0.607. The number of carbonyl (C=O) groups is 1. The van der Waals surface area contributed by atoms with E-state index in [2.05, 4.69) is 11.6 Å². The van der Waals surface area contributed by atoms with Crippen molar-refractivity contribution in [3.63, 3.8) is 0 Å². The number of allylic oxidation sites excluding steroid dienone is 1. The van der Waals surface area contributed by atoms with Crippen LogP contribution in [0.15, 0.2) is 65.0 Å². The quantitative estimate of drug-likeness (QED) is 0.511. The van der Waals surface area contributed by atoms with E-state index in [1.54, 1.807) is 26.0 Å². The van der Waals surface area contributed by atoms with E-state index in [0.29, 0.717) is 21.9 Å². The van der Waals surface area contributed by atoms with E-state index in [1.165, 1.54) is 47.0 Å². The fourth-order valence-electron chi connectivity index (χ4n) is 2.80. The summed E-state index contributed by atoms with van der Waals surface area (Å²) in [6.45, 7) is 7.85. The molecule has 0 saturated heterocycles. The summed E-state index contributed by atoms with van der Waals surface area (Å²) in [6.07, 6.45) is 1.73. The Balaban J connectivity index is 1.99. The van der Waals surface area contributed by atoms with Crippen molar-refractivity contribution in [1.29, 1.82) is 0 Å². The van der Waals surface area contributed by atoms with Gasteiger partial charge in [0.1, 0.15) is 0 Å². The first kappa shape index (κ1) is 22.4. The zero-order valence-corrected chi connectivity index (χ0v) is 19.3. The zero-order valence-electron chi connectivity index (χ0n) is 16.9. The fourth-order valence-corrected chi connectivity index (χ4v) is 5.48. The molecule has 0 fully saturated rings. The average molecular weight is 464 g/mol. The topological polar surface area (TPSA) is 71.7 Å². The number of sulfonamides is 1. The second kappa shape index (κ2) is 8.85. The monoisotopic (exact) mass is 463 g/mol. The number of nitrogens with zero attached hydrogens (tertiary/aromatic N) is 3. The van der Waals surface area contributed by atoms with Crippen LogP contribution in [0.1, 0.15) is 24.2 Å². The molecule has 0 N–H and O–H groups in total. The number of carbonyl (C=O) groups excluding carboxylic acids is 1. The van der Waals surface area contributed by atoms with Crippen LogP contribution in [0.3, 0.4) is 0 Å². The van der Waals surface area contributed by atoms with Crippen molar-refractivity contribution in [3.05, 3.63) is 70.5 Å². The van der Waals surface area contributed by atoms with Gasteiger partial charge in [0.25, 0.3) is 5.91 Å². The summed E-state index contributed by atoms with van der Waals surface area (Å²) in [5.41, 5.74) is 1.22. The van der Waals surface area contributed by atoms with Crippen LogP contribution in [0, 0.1) is 0 Å². The summed E-state index contributed by atoms with van der Waals surface area (Å²) < 4.78 is 29.3. The van der Waals surface area contributed by atoms with Crippen LogP contribution in [0.5, 0.6) is 0 Å². The Kier molecular flexibility index (Phi) is 6.62. The molecule has 0 bridgehead atoms. The largest absolute Gasteiger partial charge is 0.312 e. The molecule has 158 valence electrons. The van der Waals surface area contributed by atoms with Gasteiger partial charge in [0, 0.05) is 30.2 Å². The maximum atomic E-state index is 12.7. The zero-order chi connectivity index (χ0) is 22.1. The van der Waals surface area contributed by atoms with Crippen molar-refractivity contribution >= 4 is 49.1 Å². The standard InChI is InChI=1S/C21H22ClN3O3S2/c1-5-12-25-18-11-8-16(22)13-19(18)29-21(25)23-20(26)15-6-9-17(10-7-15)30(27,28)24(4)14(2)3/h5-11,13-14H,1,12H2,2-4H3. The molecule has 0 aliphatic carbocycles. The summed E-state index contributed by atoms with van der Waals surface area (Å²) in [4.78, 5) is 17.6. The molecule has 6 nitrogen and oxygen atoms in total. The number of thiazole rings is 1. The molecule has 3 aromatic rings. The van der Waals surface area contributed by atoms with Gasteiger partial charge in [-0.2, -0.15) is 9.30 Å². The van der Waals surface area contributed by atoms with E-state index in [0.717, 1.165) is 10.2 Å². The number of aromatic nitrogens is 1. The van der Waals surface area contributed by atoms with Crippen LogP contribution in [-0.4, -0.2) is 36.3 Å². The second-order valence-electron chi connectivity index (χ2n) is 6.95. The van der Waals surface area contributed by atoms with Gasteiger partial charge >= 0.3 is 0 Å². The molecule has 2 aromatic carbocycles. The summed E-state index contributed by atoms with van der Waals surface area (Å²) in [5.74, 6) is -0.452. The van der Waals surface area contributed by atoms with Crippen LogP contribution < -0.4 is 4.80 Å². The number of hydrogen-bond acceptors (Lipinski definition) is 4. The lowest BCUT2D eigenvalue weighted by Gasteiger charge is -2.20. The highest BCUT2D eigenvalue weighted by atomic mass is 35.5. The van der Waals surface area contributed by atoms with Gasteiger partial charge < -0.3 is 4.57 Å². The Hall–Kier alpha value is -2.26. The highest BCUT2D eigenvalue weighted by Gasteiger charge is 2.23. The molecule has 30 heavy (non-hydrogen) atoms. The van der Waals surface area contributed by atoms with Crippen molar-refractivity contribution in [1.82, 2.24) is 8.87 Å². The maximum absolute atomic E-state index is 12.7. The predicted molar refractivity (Wildman–Crippen MR) is 121 cm³/mol. The van der Waals surface area contributed by atoms with Crippen molar-refractivity contribution in [2.45, 2.75) is 31.3 Å². The van der Waals surface area contributed by atoms with Crippen molar-refractivity contribution < 1.29 is 13.2 Å². The minimum atomic E-state index is -3.61. The molecule has 0 aliphatic rings. The summed E-state index contributed by atoms with van der Waals surface area (Å²) >= 11 is 7.44. The first-order chi connectivity index (χ1) is 14.1. The second-order valence-corrected chi connectivity index (χ2v) is 10.4. The molecule has 1 heterocycles. The summed E-state index contributed by atoms with van der Waals surface area (Å²) in [7, 11) is -2.08. The first-order valence-electron chi connectivity index (χ1n) is 9.22. The minimum Gasteiger partial charge on any atom is -0.312 e. The molecule has 1 amide bonds. The van der Waals surface area contributed by atoms with Gasteiger partial charge in [-0.25, -0.2) is 8.42 Å². The minimum absolute atomic E-state index is 0.133. The Labute approximate surface area is 184 Å². The van der Waals surface area contributed by atoms with E-state index in [-0.39, 0.29) is 10.9 Å². The Bertz CT molecular complexity index is 1270. The SMILES string of the molecule is C=CCn1c(=NC(=O)c2ccc(S(=O)(=O)N(C)C(C)C)cc2)sc2cc(Cl)ccc21. The van der Waals surface area contributed by atoms with Crippen LogP contribution in [0.25, 0.3) is 10.2 Å². The number of halogens is 1. The molecule has 0 aliphatic heterocycles. The number of amides is 1. The number of fused-ring (bicyclic) bond motifs is 1. The molecule has 1 aromatic heterocycles. The number of hydrogen-bond donors (Lipinski definition) is 0. The van der Waals surface area contributed by atoms with Gasteiger partial charge in [-0.3, -0.25) is 4.79 Å². The Morgan fingerprint density at radius 2 is 1.93 bits per heavy atom. The smallest absolute Gasteiger partial charge is 0.279 e. The maximum Gasteiger partial charge on any atom is 0.279 e. The fraction of sp³-hybridized carbons (Fsp3) is 0.238.